The average Bonchev–Trinajstić information content (AvgIpc) is 3.31. The Kier molecular flexibility index (Phi) is 13.8. The first-order chi connectivity index (χ1) is 17.0. The van der Waals surface area contributed by atoms with Gasteiger partial charge >= 0.3 is 5.97 Å². The molecule has 1 unspecified atom stereocenters. The van der Waals surface area contributed by atoms with Gasteiger partial charge in [-0.3, -0.25) is 9.59 Å². The summed E-state index contributed by atoms with van der Waals surface area (Å²) in [5.41, 5.74) is 0.272. The lowest BCUT2D eigenvalue weighted by Crippen LogP contribution is -2.45. The maximum atomic E-state index is 13.1. The summed E-state index contributed by atoms with van der Waals surface area (Å²) in [6.45, 7) is 12.6. The Morgan fingerprint density at radius 3 is 2.50 bits per heavy atom. The molecule has 0 amide bonds. The van der Waals surface area contributed by atoms with Crippen LogP contribution >= 0.6 is 11.3 Å². The molecule has 2 rings (SSSR count). The molecule has 0 spiro atoms. The Bertz CT molecular complexity index is 890. The number of hydrogen-bond acceptors (Lipinski definition) is 8. The number of Topliss-reactive ketones (excluding diaryl/α,β-unsaturated/α-hetero) is 1. The second-order valence-corrected chi connectivity index (χ2v) is 10.8. The van der Waals surface area contributed by atoms with Crippen LogP contribution in [0, 0.1) is 17.3 Å². The molecule has 0 saturated carbocycles. The largest absolute Gasteiger partial charge is 0.457 e. The molecular formula is C28H45NO6S. The van der Waals surface area contributed by atoms with Crippen molar-refractivity contribution in [2.75, 3.05) is 0 Å². The first-order valence-corrected chi connectivity index (χ1v) is 13.8. The van der Waals surface area contributed by atoms with E-state index >= 15 is 0 Å². The van der Waals surface area contributed by atoms with Crippen molar-refractivity contribution in [3.05, 3.63) is 33.8 Å². The molecule has 7 nitrogen and oxygen atoms in total. The number of nitrogens with zero attached hydrogens (tertiary/aromatic N) is 1. The second kappa shape index (κ2) is 15.4. The number of hydrogen-bond donors (Lipinski definition) is 3. The summed E-state index contributed by atoms with van der Waals surface area (Å²) >= 11 is 1.36. The first kappa shape index (κ1) is 32.2. The third kappa shape index (κ3) is 9.21. The summed E-state index contributed by atoms with van der Waals surface area (Å²) in [4.78, 5) is 30.2. The van der Waals surface area contributed by atoms with Crippen molar-refractivity contribution in [1.29, 1.82) is 0 Å². The van der Waals surface area contributed by atoms with Crippen molar-refractivity contribution < 1.29 is 29.6 Å². The van der Waals surface area contributed by atoms with Crippen LogP contribution in [-0.2, 0) is 20.9 Å². The van der Waals surface area contributed by atoms with Gasteiger partial charge in [0.25, 0.3) is 0 Å². The van der Waals surface area contributed by atoms with Gasteiger partial charge in [0.05, 0.1) is 36.3 Å². The van der Waals surface area contributed by atoms with E-state index in [2.05, 4.69) is 4.98 Å². The fourth-order valence-corrected chi connectivity index (χ4v) is 4.81. The minimum Gasteiger partial charge on any atom is -0.457 e. The Labute approximate surface area is 220 Å². The van der Waals surface area contributed by atoms with E-state index in [-0.39, 0.29) is 24.7 Å². The average molecular weight is 524 g/mol. The van der Waals surface area contributed by atoms with E-state index in [1.54, 1.807) is 20.8 Å². The van der Waals surface area contributed by atoms with Crippen LogP contribution in [0.3, 0.4) is 0 Å². The van der Waals surface area contributed by atoms with Crippen LogP contribution in [0.15, 0.2) is 23.1 Å². The number of aliphatic hydroxyl groups is 3. The van der Waals surface area contributed by atoms with Gasteiger partial charge in [0, 0.05) is 17.7 Å². The predicted octanol–water partition coefficient (Wildman–Crippen LogP) is 5.09. The van der Waals surface area contributed by atoms with Gasteiger partial charge in [-0.1, -0.05) is 53.7 Å². The fourth-order valence-electron chi connectivity index (χ4n) is 4.20. The number of allylic oxidation sites excluding steroid dienone is 1. The molecule has 36 heavy (non-hydrogen) atoms. The highest BCUT2D eigenvalue weighted by atomic mass is 32.1. The zero-order chi connectivity index (χ0) is 27.5. The molecule has 5 atom stereocenters. The normalized spacial score (nSPS) is 29.6. The van der Waals surface area contributed by atoms with Crippen LogP contribution in [0.25, 0.3) is 6.08 Å². The molecule has 2 heterocycles. The molecule has 1 aromatic rings. The Balaban J connectivity index is 0.00000316. The number of aromatic nitrogens is 1. The molecule has 1 aliphatic rings. The number of carbonyl (C=O) groups is 2. The molecule has 0 bridgehead atoms. The quantitative estimate of drug-likeness (QED) is 0.373. The van der Waals surface area contributed by atoms with E-state index in [9.17, 15) is 24.9 Å². The fraction of sp³-hybridized carbons (Fsp3) is 0.679. The third-order valence-electron chi connectivity index (χ3n) is 6.75. The van der Waals surface area contributed by atoms with Gasteiger partial charge in [-0.25, -0.2) is 4.98 Å². The van der Waals surface area contributed by atoms with Crippen LogP contribution in [0.1, 0.15) is 91.3 Å². The molecule has 0 aromatic carbocycles. The van der Waals surface area contributed by atoms with Gasteiger partial charge in [0.1, 0.15) is 16.9 Å². The van der Waals surface area contributed by atoms with Crippen LogP contribution in [0.2, 0.25) is 0 Å². The predicted molar refractivity (Wildman–Crippen MR) is 144 cm³/mol. The Morgan fingerprint density at radius 2 is 1.89 bits per heavy atom. The summed E-state index contributed by atoms with van der Waals surface area (Å²) in [6.07, 6.45) is 5.87. The van der Waals surface area contributed by atoms with Crippen molar-refractivity contribution in [2.45, 2.75) is 105 Å². The molecule has 0 fully saturated rings. The van der Waals surface area contributed by atoms with Crippen molar-refractivity contribution in [1.82, 2.24) is 4.98 Å². The minimum atomic E-state index is -1.24. The van der Waals surface area contributed by atoms with E-state index in [0.717, 1.165) is 24.8 Å². The maximum absolute atomic E-state index is 13.1. The Morgan fingerprint density at radius 1 is 1.22 bits per heavy atom. The molecule has 8 heteroatoms. The summed E-state index contributed by atoms with van der Waals surface area (Å²) < 4.78 is 5.73. The maximum Gasteiger partial charge on any atom is 0.309 e. The molecule has 0 saturated heterocycles. The van der Waals surface area contributed by atoms with Crippen molar-refractivity contribution >= 4 is 29.2 Å². The molecule has 0 aliphatic carbocycles. The van der Waals surface area contributed by atoms with Gasteiger partial charge in [0.2, 0.25) is 0 Å². The number of aliphatic hydroxyl groups excluding tert-OH is 3. The summed E-state index contributed by atoms with van der Waals surface area (Å²) in [7, 11) is 0. The van der Waals surface area contributed by atoms with Crippen molar-refractivity contribution in [3.63, 3.8) is 0 Å². The van der Waals surface area contributed by atoms with E-state index < -0.39 is 35.6 Å². The molecule has 0 radical (unpaired) electrons. The number of carbonyl (C=O) groups excluding carboxylic acids is 2. The smallest absolute Gasteiger partial charge is 0.309 e. The lowest BCUT2D eigenvalue weighted by Gasteiger charge is -2.34. The van der Waals surface area contributed by atoms with Crippen molar-refractivity contribution in [2.24, 2.45) is 17.3 Å². The number of ether oxygens (including phenoxy) is 1. The number of rotatable bonds is 3. The number of cyclic esters (lactones) is 1. The van der Waals surface area contributed by atoms with E-state index in [0.29, 0.717) is 17.1 Å². The molecular weight excluding hydrogens is 478 g/mol. The molecule has 204 valence electrons. The highest BCUT2D eigenvalue weighted by molar-refractivity contribution is 7.09. The minimum absolute atomic E-state index is 0.0574. The number of ketones is 1. The van der Waals surface area contributed by atoms with E-state index in [1.807, 2.05) is 51.3 Å². The summed E-state index contributed by atoms with van der Waals surface area (Å²) in [5, 5.41) is 33.2. The van der Waals surface area contributed by atoms with Crippen LogP contribution < -0.4 is 0 Å². The summed E-state index contributed by atoms with van der Waals surface area (Å²) in [5.74, 6) is -1.57. The number of thiazole rings is 1. The topological polar surface area (TPSA) is 117 Å². The molecule has 1 aliphatic heterocycles. The van der Waals surface area contributed by atoms with Gasteiger partial charge in [-0.05, 0) is 43.8 Å². The van der Waals surface area contributed by atoms with Gasteiger partial charge in [-0.15, -0.1) is 11.3 Å². The van der Waals surface area contributed by atoms with Gasteiger partial charge < -0.3 is 20.1 Å². The van der Waals surface area contributed by atoms with Gasteiger partial charge in [0.15, 0.2) is 0 Å². The van der Waals surface area contributed by atoms with Crippen LogP contribution in [0.5, 0.6) is 0 Å². The van der Waals surface area contributed by atoms with Crippen LogP contribution in [-0.4, -0.2) is 50.4 Å². The zero-order valence-corrected chi connectivity index (χ0v) is 23.7. The monoisotopic (exact) mass is 523 g/mol. The van der Waals surface area contributed by atoms with Crippen molar-refractivity contribution in [3.8, 4) is 0 Å². The third-order valence-corrected chi connectivity index (χ3v) is 7.60. The highest BCUT2D eigenvalue weighted by Crippen LogP contribution is 2.32. The Hall–Kier alpha value is -1.87. The molecule has 3 N–H and O–H groups in total. The standard InChI is InChI=1S/C26H39NO6S.C2H6/c1-16-10-8-6-7-9-11-20(17(2)12-19-15-34-22(14-28)27-19)33-23(30)13-21(29)26(4,5)25(32)18(3)24(16)31;1-2/h7,9,12,15-16,18,20-21,24,28-29,31H,6,8,10-11,13-14H2,1-5H3;1-2H3/b9-7-,17-12+;/t16-,18?,20-,21-,24-;/m0./s1. The number of esters is 1. The highest BCUT2D eigenvalue weighted by Gasteiger charge is 2.42. The zero-order valence-electron chi connectivity index (χ0n) is 22.9. The van der Waals surface area contributed by atoms with E-state index in [4.69, 9.17) is 4.74 Å². The molecule has 1 aromatic heterocycles. The lowest BCUT2D eigenvalue weighted by atomic mass is 9.73. The first-order valence-electron chi connectivity index (χ1n) is 13.0. The summed E-state index contributed by atoms with van der Waals surface area (Å²) in [6, 6.07) is 0. The SMILES string of the molecule is C/C(=C\c1csc(CO)n1)[C@@H]1C/C=C\CCC[C@H](C)[C@H](O)C(C)C(=O)C(C)(C)[C@@H](O)CC(=O)O1.CC. The van der Waals surface area contributed by atoms with Gasteiger partial charge in [-0.2, -0.15) is 0 Å². The van der Waals surface area contributed by atoms with E-state index in [1.165, 1.54) is 11.3 Å². The van der Waals surface area contributed by atoms with Crippen LogP contribution in [0.4, 0.5) is 0 Å². The second-order valence-electron chi connectivity index (χ2n) is 9.89. The lowest BCUT2D eigenvalue weighted by molar-refractivity contribution is -0.154.